The zero-order chi connectivity index (χ0) is 56.4. The fourth-order valence-corrected chi connectivity index (χ4v) is 9.88. The van der Waals surface area contributed by atoms with Crippen LogP contribution in [0.1, 0.15) is 348 Å². The fraction of sp³-hybridized carbons (Fsp3) is 0.792. The second-order valence-electron chi connectivity index (χ2n) is 22.7. The summed E-state index contributed by atoms with van der Waals surface area (Å²) in [6.07, 6.45) is 86.5. The molecule has 0 fully saturated rings. The van der Waals surface area contributed by atoms with Gasteiger partial charge in [-0.05, 0) is 89.9 Å². The van der Waals surface area contributed by atoms with Gasteiger partial charge in [-0.15, -0.1) is 0 Å². The number of ether oxygens (including phenoxy) is 3. The Kier molecular flexibility index (Phi) is 63.7. The summed E-state index contributed by atoms with van der Waals surface area (Å²) in [5, 5.41) is 0. The molecule has 0 radical (unpaired) electrons. The summed E-state index contributed by atoms with van der Waals surface area (Å²) in [4.78, 5) is 38.3. The number of carbonyl (C=O) groups is 3. The van der Waals surface area contributed by atoms with Gasteiger partial charge in [0.1, 0.15) is 13.2 Å². The van der Waals surface area contributed by atoms with Gasteiger partial charge in [0.25, 0.3) is 0 Å². The SMILES string of the molecule is CC/C=C\C/C=C\C/C=C\C/C=C\C/C=C\CCCCCCCC(=O)OC(COC(=O)CCCCCCCCCCCC)COC(=O)CCCCCCCCCCCCCCCCCCC/C=C\CCCCCCCCCC. The maximum atomic E-state index is 12.9. The van der Waals surface area contributed by atoms with E-state index >= 15 is 0 Å². The molecule has 0 heterocycles. The quantitative estimate of drug-likeness (QED) is 0.0261. The first-order valence-corrected chi connectivity index (χ1v) is 33.9. The number of hydrogen-bond acceptors (Lipinski definition) is 6. The van der Waals surface area contributed by atoms with Crippen LogP contribution in [-0.2, 0) is 28.6 Å². The molecule has 0 bridgehead atoms. The topological polar surface area (TPSA) is 78.9 Å². The highest BCUT2D eigenvalue weighted by Gasteiger charge is 2.19. The molecular formula is C72H128O6. The van der Waals surface area contributed by atoms with E-state index in [0.29, 0.717) is 19.3 Å². The molecule has 0 N–H and O–H groups in total. The summed E-state index contributed by atoms with van der Waals surface area (Å²) >= 11 is 0. The molecule has 6 heteroatoms. The summed E-state index contributed by atoms with van der Waals surface area (Å²) in [5.74, 6) is -0.883. The summed E-state index contributed by atoms with van der Waals surface area (Å²) in [6.45, 7) is 6.54. The number of esters is 3. The Morgan fingerprint density at radius 1 is 0.269 bits per heavy atom. The molecule has 0 aromatic rings. The first-order chi connectivity index (χ1) is 38.5. The van der Waals surface area contributed by atoms with Gasteiger partial charge in [-0.25, -0.2) is 0 Å². The van der Waals surface area contributed by atoms with Crippen molar-refractivity contribution >= 4 is 17.9 Å². The lowest BCUT2D eigenvalue weighted by molar-refractivity contribution is -0.167. The first kappa shape index (κ1) is 74.8. The van der Waals surface area contributed by atoms with Crippen molar-refractivity contribution in [1.29, 1.82) is 0 Å². The lowest BCUT2D eigenvalue weighted by Gasteiger charge is -2.18. The van der Waals surface area contributed by atoms with Crippen molar-refractivity contribution in [3.8, 4) is 0 Å². The molecule has 0 aliphatic heterocycles. The van der Waals surface area contributed by atoms with Gasteiger partial charge >= 0.3 is 17.9 Å². The smallest absolute Gasteiger partial charge is 0.306 e. The minimum absolute atomic E-state index is 0.0797. The van der Waals surface area contributed by atoms with E-state index in [9.17, 15) is 14.4 Å². The van der Waals surface area contributed by atoms with E-state index in [4.69, 9.17) is 14.2 Å². The molecular weight excluding hydrogens is 961 g/mol. The van der Waals surface area contributed by atoms with E-state index in [-0.39, 0.29) is 31.1 Å². The van der Waals surface area contributed by atoms with Crippen molar-refractivity contribution < 1.29 is 28.6 Å². The average Bonchev–Trinajstić information content (AvgIpc) is 3.44. The third-order valence-corrected chi connectivity index (χ3v) is 14.9. The van der Waals surface area contributed by atoms with E-state index in [2.05, 4.69) is 93.7 Å². The third kappa shape index (κ3) is 63.7. The minimum Gasteiger partial charge on any atom is -0.462 e. The molecule has 0 spiro atoms. The van der Waals surface area contributed by atoms with Crippen LogP contribution in [0.4, 0.5) is 0 Å². The van der Waals surface area contributed by atoms with E-state index in [1.807, 2.05) is 0 Å². The second-order valence-corrected chi connectivity index (χ2v) is 22.7. The van der Waals surface area contributed by atoms with E-state index < -0.39 is 6.10 Å². The number of unbranched alkanes of at least 4 members (excludes halogenated alkanes) is 39. The molecule has 6 nitrogen and oxygen atoms in total. The molecule has 1 unspecified atom stereocenters. The van der Waals surface area contributed by atoms with Gasteiger partial charge in [-0.2, -0.15) is 0 Å². The predicted octanol–water partition coefficient (Wildman–Crippen LogP) is 23.3. The highest BCUT2D eigenvalue weighted by Crippen LogP contribution is 2.17. The largest absolute Gasteiger partial charge is 0.462 e. The zero-order valence-corrected chi connectivity index (χ0v) is 51.9. The van der Waals surface area contributed by atoms with Gasteiger partial charge in [-0.1, -0.05) is 312 Å². The Labute approximate surface area is 484 Å². The van der Waals surface area contributed by atoms with Crippen LogP contribution in [0, 0.1) is 0 Å². The van der Waals surface area contributed by atoms with Crippen LogP contribution in [0.3, 0.4) is 0 Å². The molecule has 0 aromatic carbocycles. The molecule has 452 valence electrons. The van der Waals surface area contributed by atoms with Crippen molar-refractivity contribution in [1.82, 2.24) is 0 Å². The van der Waals surface area contributed by atoms with Crippen LogP contribution in [0.15, 0.2) is 72.9 Å². The number of carbonyl (C=O) groups excluding carboxylic acids is 3. The van der Waals surface area contributed by atoms with Gasteiger partial charge in [-0.3, -0.25) is 14.4 Å². The molecule has 78 heavy (non-hydrogen) atoms. The van der Waals surface area contributed by atoms with Crippen molar-refractivity contribution in [2.75, 3.05) is 13.2 Å². The summed E-state index contributed by atoms with van der Waals surface area (Å²) in [5.41, 5.74) is 0. The standard InChI is InChI=1S/C72H128O6/c1-4-7-10-13-16-19-22-24-26-28-30-32-33-34-35-36-37-38-39-41-42-44-46-48-50-53-56-59-62-65-71(74)77-68-69(67-76-70(73)64-61-58-55-52-21-18-15-12-9-6-3)78-72(75)66-63-60-57-54-51-49-47-45-43-40-31-29-27-25-23-20-17-14-11-8-5-2/h8,11,17,20,25,27-28,30-31,40,45,47,69H,4-7,9-10,12-16,18-19,21-24,26,29,32-39,41-44,46,48-68H2,1-3H3/b11-8-,20-17-,27-25-,30-28-,40-31-,47-45-. The lowest BCUT2D eigenvalue weighted by atomic mass is 10.0. The Morgan fingerprint density at radius 2 is 0.500 bits per heavy atom. The van der Waals surface area contributed by atoms with Gasteiger partial charge in [0.2, 0.25) is 0 Å². The maximum absolute atomic E-state index is 12.9. The van der Waals surface area contributed by atoms with Gasteiger partial charge < -0.3 is 14.2 Å². The van der Waals surface area contributed by atoms with Crippen LogP contribution in [-0.4, -0.2) is 37.2 Å². The predicted molar refractivity (Wildman–Crippen MR) is 339 cm³/mol. The summed E-state index contributed by atoms with van der Waals surface area (Å²) in [6, 6.07) is 0. The number of rotatable bonds is 62. The third-order valence-electron chi connectivity index (χ3n) is 14.9. The highest BCUT2D eigenvalue weighted by molar-refractivity contribution is 5.71. The fourth-order valence-electron chi connectivity index (χ4n) is 9.88. The molecule has 0 aliphatic rings. The van der Waals surface area contributed by atoms with Crippen LogP contribution in [0.5, 0.6) is 0 Å². The number of allylic oxidation sites excluding steroid dienone is 12. The Balaban J connectivity index is 4.18. The van der Waals surface area contributed by atoms with Gasteiger partial charge in [0, 0.05) is 19.3 Å². The molecule has 0 saturated carbocycles. The molecule has 0 amide bonds. The molecule has 0 aromatic heterocycles. The molecule has 0 aliphatic carbocycles. The van der Waals surface area contributed by atoms with Crippen LogP contribution < -0.4 is 0 Å². The monoisotopic (exact) mass is 1090 g/mol. The molecule has 1 atom stereocenters. The highest BCUT2D eigenvalue weighted by atomic mass is 16.6. The van der Waals surface area contributed by atoms with Crippen LogP contribution in [0.25, 0.3) is 0 Å². The number of hydrogen-bond donors (Lipinski definition) is 0. The van der Waals surface area contributed by atoms with Crippen LogP contribution >= 0.6 is 0 Å². The zero-order valence-electron chi connectivity index (χ0n) is 51.9. The van der Waals surface area contributed by atoms with E-state index in [1.165, 1.54) is 199 Å². The molecule has 0 saturated heterocycles. The first-order valence-electron chi connectivity index (χ1n) is 33.9. The second kappa shape index (κ2) is 66.4. The van der Waals surface area contributed by atoms with Crippen molar-refractivity contribution in [3.05, 3.63) is 72.9 Å². The van der Waals surface area contributed by atoms with Crippen molar-refractivity contribution in [3.63, 3.8) is 0 Å². The van der Waals surface area contributed by atoms with E-state index in [0.717, 1.165) is 109 Å². The average molecular weight is 1090 g/mol. The lowest BCUT2D eigenvalue weighted by Crippen LogP contribution is -2.30. The maximum Gasteiger partial charge on any atom is 0.306 e. The van der Waals surface area contributed by atoms with Crippen LogP contribution in [0.2, 0.25) is 0 Å². The summed E-state index contributed by atoms with van der Waals surface area (Å²) in [7, 11) is 0. The molecule has 0 rings (SSSR count). The van der Waals surface area contributed by atoms with Gasteiger partial charge in [0.15, 0.2) is 6.10 Å². The Morgan fingerprint density at radius 3 is 0.795 bits per heavy atom. The Hall–Kier alpha value is -3.15. The van der Waals surface area contributed by atoms with Crippen molar-refractivity contribution in [2.24, 2.45) is 0 Å². The van der Waals surface area contributed by atoms with Gasteiger partial charge in [0.05, 0.1) is 0 Å². The minimum atomic E-state index is -0.784. The normalized spacial score (nSPS) is 12.5. The summed E-state index contributed by atoms with van der Waals surface area (Å²) < 4.78 is 16.9. The van der Waals surface area contributed by atoms with E-state index in [1.54, 1.807) is 0 Å². The Bertz CT molecular complexity index is 1440. The van der Waals surface area contributed by atoms with Crippen molar-refractivity contribution in [2.45, 2.75) is 354 Å².